The van der Waals surface area contributed by atoms with Gasteiger partial charge in [-0.3, -0.25) is 4.79 Å². The van der Waals surface area contributed by atoms with Crippen LogP contribution in [0.5, 0.6) is 11.5 Å². The van der Waals surface area contributed by atoms with Crippen molar-refractivity contribution in [1.82, 2.24) is 19.8 Å². The number of halogens is 1. The van der Waals surface area contributed by atoms with Crippen molar-refractivity contribution in [2.24, 2.45) is 0 Å². The Labute approximate surface area is 191 Å². The van der Waals surface area contributed by atoms with E-state index in [4.69, 9.17) is 9.47 Å². The minimum absolute atomic E-state index is 0.0948. The summed E-state index contributed by atoms with van der Waals surface area (Å²) in [7, 11) is 3.82. The molecule has 0 bridgehead atoms. The average molecular weight is 449 g/mol. The lowest BCUT2D eigenvalue weighted by Gasteiger charge is -2.25. The number of rotatable bonds is 5. The highest BCUT2D eigenvalue weighted by atomic mass is 19.1. The summed E-state index contributed by atoms with van der Waals surface area (Å²) in [5.74, 6) is 1.22. The topological polar surface area (TPSA) is 79.8 Å². The number of amides is 1. The number of likely N-dealkylation sites (N-methyl/N-ethyl adjacent to an activating group) is 2. The third-order valence-corrected chi connectivity index (χ3v) is 6.01. The molecule has 8 nitrogen and oxygen atoms in total. The minimum Gasteiger partial charge on any atom is -0.454 e. The number of nitrogens with one attached hydrogen (secondary N) is 1. The van der Waals surface area contributed by atoms with Crippen LogP contribution in [-0.2, 0) is 0 Å². The van der Waals surface area contributed by atoms with Crippen molar-refractivity contribution in [3.05, 3.63) is 60.0 Å². The highest BCUT2D eigenvalue weighted by Gasteiger charge is 2.29. The fourth-order valence-electron chi connectivity index (χ4n) is 4.08. The first-order valence-corrected chi connectivity index (χ1v) is 10.7. The Morgan fingerprint density at radius 2 is 2.03 bits per heavy atom. The maximum atomic E-state index is 14.4. The number of aromatic nitrogens is 2. The number of nitrogens with zero attached hydrogens (tertiary/aromatic N) is 4. The molecule has 0 radical (unpaired) electrons. The predicted molar refractivity (Wildman–Crippen MR) is 121 cm³/mol. The summed E-state index contributed by atoms with van der Waals surface area (Å²) >= 11 is 0. The number of anilines is 2. The highest BCUT2D eigenvalue weighted by molar-refractivity contribution is 5.99. The molecule has 2 aromatic carbocycles. The van der Waals surface area contributed by atoms with Crippen LogP contribution < -0.4 is 14.8 Å². The minimum atomic E-state index is -0.440. The molecule has 0 spiro atoms. The van der Waals surface area contributed by atoms with Crippen LogP contribution in [0.25, 0.3) is 11.4 Å². The summed E-state index contributed by atoms with van der Waals surface area (Å²) in [5.41, 5.74) is 1.20. The largest absolute Gasteiger partial charge is 0.454 e. The van der Waals surface area contributed by atoms with Gasteiger partial charge in [-0.15, -0.1) is 0 Å². The van der Waals surface area contributed by atoms with Gasteiger partial charge in [0.2, 0.25) is 6.79 Å². The number of carbonyl (C=O) groups is 1. The fraction of sp³-hybridized carbons (Fsp3) is 0.292. The summed E-state index contributed by atoms with van der Waals surface area (Å²) in [6, 6.07) is 11.8. The predicted octanol–water partition coefficient (Wildman–Crippen LogP) is 3.53. The summed E-state index contributed by atoms with van der Waals surface area (Å²) in [4.78, 5) is 26.3. The van der Waals surface area contributed by atoms with Gasteiger partial charge in [-0.1, -0.05) is 12.1 Å². The van der Waals surface area contributed by atoms with Crippen LogP contribution in [-0.4, -0.2) is 65.7 Å². The Balaban J connectivity index is 1.52. The lowest BCUT2D eigenvalue weighted by molar-refractivity contribution is 0.0738. The van der Waals surface area contributed by atoms with Crippen LogP contribution >= 0.6 is 0 Å². The molecule has 1 amide bonds. The third kappa shape index (κ3) is 4.19. The summed E-state index contributed by atoms with van der Waals surface area (Å²) in [5, 5.41) is 3.00. The van der Waals surface area contributed by atoms with Crippen molar-refractivity contribution >= 4 is 17.4 Å². The molecule has 0 saturated carbocycles. The Kier molecular flexibility index (Phi) is 5.55. The van der Waals surface area contributed by atoms with Crippen molar-refractivity contribution in [2.45, 2.75) is 12.5 Å². The van der Waals surface area contributed by atoms with Gasteiger partial charge in [0.05, 0.1) is 5.69 Å². The Hall–Kier alpha value is -3.72. The second kappa shape index (κ2) is 8.67. The maximum absolute atomic E-state index is 14.4. The normalized spacial score (nSPS) is 17.2. The number of hydrogen-bond donors (Lipinski definition) is 1. The van der Waals surface area contributed by atoms with E-state index in [0.29, 0.717) is 22.9 Å². The van der Waals surface area contributed by atoms with Gasteiger partial charge < -0.3 is 24.6 Å². The van der Waals surface area contributed by atoms with Crippen molar-refractivity contribution < 1.29 is 18.7 Å². The van der Waals surface area contributed by atoms with E-state index in [1.54, 1.807) is 42.3 Å². The Bertz CT molecular complexity index is 1200. The molecule has 9 heteroatoms. The zero-order valence-electron chi connectivity index (χ0n) is 18.4. The molecule has 1 aromatic heterocycles. The highest BCUT2D eigenvalue weighted by Crippen LogP contribution is 2.35. The molecule has 170 valence electrons. The molecule has 5 rings (SSSR count). The molecule has 33 heavy (non-hydrogen) atoms. The van der Waals surface area contributed by atoms with Gasteiger partial charge in [-0.2, -0.15) is 0 Å². The van der Waals surface area contributed by atoms with Gasteiger partial charge in [0.1, 0.15) is 17.2 Å². The molecule has 2 aliphatic rings. The number of para-hydroxylation sites is 1. The lowest BCUT2D eigenvalue weighted by atomic mass is 10.1. The fourth-order valence-corrected chi connectivity index (χ4v) is 4.08. The molecule has 0 aliphatic carbocycles. The van der Waals surface area contributed by atoms with E-state index in [1.807, 2.05) is 13.1 Å². The maximum Gasteiger partial charge on any atom is 0.259 e. The van der Waals surface area contributed by atoms with E-state index in [9.17, 15) is 9.18 Å². The van der Waals surface area contributed by atoms with Crippen molar-refractivity contribution in [3.63, 3.8) is 0 Å². The monoisotopic (exact) mass is 449 g/mol. The van der Waals surface area contributed by atoms with E-state index < -0.39 is 5.82 Å². The zero-order valence-corrected chi connectivity index (χ0v) is 18.4. The van der Waals surface area contributed by atoms with Crippen LogP contribution in [0.15, 0.2) is 48.7 Å². The molecule has 3 heterocycles. The molecule has 1 atom stereocenters. The first kappa shape index (κ1) is 21.1. The Morgan fingerprint density at radius 1 is 1.21 bits per heavy atom. The van der Waals surface area contributed by atoms with Crippen molar-refractivity contribution in [1.29, 1.82) is 0 Å². The van der Waals surface area contributed by atoms with Gasteiger partial charge >= 0.3 is 0 Å². The first-order valence-electron chi connectivity index (χ1n) is 10.7. The molecule has 1 fully saturated rings. The van der Waals surface area contributed by atoms with Crippen LogP contribution in [0.1, 0.15) is 16.8 Å². The smallest absolute Gasteiger partial charge is 0.259 e. The average Bonchev–Trinajstić information content (AvgIpc) is 3.48. The number of benzene rings is 2. The van der Waals surface area contributed by atoms with Crippen molar-refractivity contribution in [2.75, 3.05) is 39.3 Å². The van der Waals surface area contributed by atoms with Gasteiger partial charge in [-0.05, 0) is 50.3 Å². The van der Waals surface area contributed by atoms with Crippen LogP contribution in [0.2, 0.25) is 0 Å². The number of likely N-dealkylation sites (tertiary alicyclic amines) is 1. The number of hydrogen-bond acceptors (Lipinski definition) is 7. The first-order chi connectivity index (χ1) is 16.0. The molecular formula is C24H24FN5O3. The van der Waals surface area contributed by atoms with Gasteiger partial charge in [0.15, 0.2) is 17.3 Å². The van der Waals surface area contributed by atoms with Gasteiger partial charge in [0, 0.05) is 31.4 Å². The summed E-state index contributed by atoms with van der Waals surface area (Å²) in [6.45, 7) is 1.90. The van der Waals surface area contributed by atoms with Gasteiger partial charge in [-0.25, -0.2) is 14.4 Å². The van der Waals surface area contributed by atoms with Gasteiger partial charge in [0.25, 0.3) is 5.91 Å². The molecule has 1 N–H and O–H groups in total. The second-order valence-corrected chi connectivity index (χ2v) is 8.25. The second-order valence-electron chi connectivity index (χ2n) is 8.25. The van der Waals surface area contributed by atoms with E-state index in [2.05, 4.69) is 20.2 Å². The molecular weight excluding hydrogens is 425 g/mol. The standard InChI is InChI=1S/C24H24FN5O3/c1-29-10-9-16(13-29)30(2)24(31)17-12-26-22(15-7-8-20-21(11-15)33-14-32-20)28-23(17)27-19-6-4-3-5-18(19)25/h3-8,11-12,16H,9-10,13-14H2,1-2H3,(H,26,27,28)/t16-/m0/s1. The van der Waals surface area contributed by atoms with E-state index >= 15 is 0 Å². The quantitative estimate of drug-likeness (QED) is 0.638. The number of fused-ring (bicyclic) bond motifs is 1. The summed E-state index contributed by atoms with van der Waals surface area (Å²) < 4.78 is 25.2. The van der Waals surface area contributed by atoms with Crippen LogP contribution in [0.3, 0.4) is 0 Å². The SMILES string of the molecule is CN1CC[C@H](N(C)C(=O)c2cnc(-c3ccc4c(c3)OCO4)nc2Nc2ccccc2F)C1. The van der Waals surface area contributed by atoms with E-state index in [-0.39, 0.29) is 35.8 Å². The van der Waals surface area contributed by atoms with Crippen molar-refractivity contribution in [3.8, 4) is 22.9 Å². The van der Waals surface area contributed by atoms with Crippen LogP contribution in [0, 0.1) is 5.82 Å². The summed E-state index contributed by atoms with van der Waals surface area (Å²) in [6.07, 6.45) is 2.39. The number of ether oxygens (including phenoxy) is 2. The zero-order chi connectivity index (χ0) is 22.9. The third-order valence-electron chi connectivity index (χ3n) is 6.01. The number of carbonyl (C=O) groups excluding carboxylic acids is 1. The lowest BCUT2D eigenvalue weighted by Crippen LogP contribution is -2.39. The van der Waals surface area contributed by atoms with E-state index in [1.165, 1.54) is 12.3 Å². The molecule has 3 aromatic rings. The molecule has 0 unspecified atom stereocenters. The van der Waals surface area contributed by atoms with E-state index in [0.717, 1.165) is 19.5 Å². The molecule has 1 saturated heterocycles. The molecule has 2 aliphatic heterocycles. The Morgan fingerprint density at radius 3 is 2.82 bits per heavy atom. The van der Waals surface area contributed by atoms with Crippen LogP contribution in [0.4, 0.5) is 15.9 Å².